The van der Waals surface area contributed by atoms with E-state index in [4.69, 9.17) is 0 Å². The molecule has 0 saturated heterocycles. The zero-order chi connectivity index (χ0) is 18.5. The first-order chi connectivity index (χ1) is 12.6. The summed E-state index contributed by atoms with van der Waals surface area (Å²) in [6.45, 7) is 7.10. The molecule has 1 saturated carbocycles. The van der Waals surface area contributed by atoms with Crippen LogP contribution in [0.15, 0.2) is 29.3 Å². The lowest BCUT2D eigenvalue weighted by atomic mass is 10.3. The van der Waals surface area contributed by atoms with Crippen molar-refractivity contribution in [3.63, 3.8) is 0 Å². The number of aryl methyl sites for hydroxylation is 2. The summed E-state index contributed by atoms with van der Waals surface area (Å²) in [5.74, 6) is 1.96. The molecule has 2 N–H and O–H groups in total. The van der Waals surface area contributed by atoms with Gasteiger partial charge in [0.25, 0.3) is 0 Å². The minimum Gasteiger partial charge on any atom is -0.356 e. The molecule has 3 rings (SSSR count). The molecule has 0 spiro atoms. The van der Waals surface area contributed by atoms with Gasteiger partial charge in [-0.05, 0) is 52.3 Å². The zero-order valence-electron chi connectivity index (χ0n) is 16.9. The predicted octanol–water partition coefficient (Wildman–Crippen LogP) is 3.00. The highest BCUT2D eigenvalue weighted by molar-refractivity contribution is 14.0. The molecule has 2 aromatic rings. The van der Waals surface area contributed by atoms with E-state index in [9.17, 15) is 0 Å². The van der Waals surface area contributed by atoms with Crippen molar-refractivity contribution < 1.29 is 0 Å². The fraction of sp³-hybridized carbons (Fsp3) is 0.600. The fourth-order valence-electron chi connectivity index (χ4n) is 3.37. The molecule has 0 aliphatic heterocycles. The summed E-state index contributed by atoms with van der Waals surface area (Å²) in [5, 5.41) is 6.87. The Morgan fingerprint density at radius 3 is 2.78 bits per heavy atom. The van der Waals surface area contributed by atoms with E-state index >= 15 is 0 Å². The lowest BCUT2D eigenvalue weighted by molar-refractivity contribution is 0.247. The molecular formula is C20H33IN6. The topological polar surface area (TPSA) is 57.5 Å². The molecular weight excluding hydrogens is 451 g/mol. The van der Waals surface area contributed by atoms with Gasteiger partial charge in [-0.1, -0.05) is 12.1 Å². The number of benzene rings is 1. The van der Waals surface area contributed by atoms with Gasteiger partial charge < -0.3 is 15.2 Å². The van der Waals surface area contributed by atoms with Crippen LogP contribution in [0.5, 0.6) is 0 Å². The van der Waals surface area contributed by atoms with Crippen molar-refractivity contribution in [3.05, 3.63) is 30.1 Å². The van der Waals surface area contributed by atoms with Gasteiger partial charge in [0.1, 0.15) is 5.82 Å². The van der Waals surface area contributed by atoms with Gasteiger partial charge in [-0.15, -0.1) is 24.0 Å². The molecule has 1 aliphatic carbocycles. The Balaban J connectivity index is 0.00000261. The molecule has 1 unspecified atom stereocenters. The highest BCUT2D eigenvalue weighted by Crippen LogP contribution is 2.26. The summed E-state index contributed by atoms with van der Waals surface area (Å²) in [4.78, 5) is 11.4. The number of rotatable bonds is 8. The standard InChI is InChI=1S/C20H32N6.HI/c1-15(25(4)17-10-11-17)14-23-20(21-3)22-12-7-13-26-16(2)24-18-8-5-6-9-19(18)26;/h5-6,8-9,15,17H,7,10-14H2,1-4H3,(H2,21,22,23);1H. The van der Waals surface area contributed by atoms with E-state index in [1.54, 1.807) is 0 Å². The number of nitrogens with zero attached hydrogens (tertiary/aromatic N) is 4. The van der Waals surface area contributed by atoms with Crippen LogP contribution in [0.3, 0.4) is 0 Å². The van der Waals surface area contributed by atoms with Gasteiger partial charge in [0.2, 0.25) is 0 Å². The molecule has 1 fully saturated rings. The van der Waals surface area contributed by atoms with E-state index in [-0.39, 0.29) is 24.0 Å². The number of fused-ring (bicyclic) bond motifs is 1. The van der Waals surface area contributed by atoms with E-state index in [0.717, 1.165) is 49.4 Å². The number of guanidine groups is 1. The Kier molecular flexibility index (Phi) is 8.34. The Labute approximate surface area is 179 Å². The number of likely N-dealkylation sites (N-methyl/N-ethyl adjacent to an activating group) is 1. The average molecular weight is 484 g/mol. The van der Waals surface area contributed by atoms with Crippen LogP contribution in [0.2, 0.25) is 0 Å². The summed E-state index contributed by atoms with van der Waals surface area (Å²) in [7, 11) is 4.05. The molecule has 6 nitrogen and oxygen atoms in total. The molecule has 7 heteroatoms. The van der Waals surface area contributed by atoms with Crippen molar-refractivity contribution in [2.45, 2.75) is 51.7 Å². The fourth-order valence-corrected chi connectivity index (χ4v) is 3.37. The minimum absolute atomic E-state index is 0. The van der Waals surface area contributed by atoms with E-state index in [1.807, 2.05) is 13.1 Å². The van der Waals surface area contributed by atoms with Gasteiger partial charge in [0.15, 0.2) is 5.96 Å². The molecule has 1 heterocycles. The third-order valence-electron chi connectivity index (χ3n) is 5.30. The number of imidazole rings is 1. The highest BCUT2D eigenvalue weighted by Gasteiger charge is 2.28. The third kappa shape index (κ3) is 5.81. The van der Waals surface area contributed by atoms with Gasteiger partial charge in [0.05, 0.1) is 11.0 Å². The Bertz CT molecular complexity index is 752. The maximum atomic E-state index is 4.63. The number of hydrogen-bond acceptors (Lipinski definition) is 3. The monoisotopic (exact) mass is 484 g/mol. The van der Waals surface area contributed by atoms with Crippen LogP contribution in [0.4, 0.5) is 0 Å². The lowest BCUT2D eigenvalue weighted by Crippen LogP contribution is -2.45. The molecule has 0 amide bonds. The first-order valence-electron chi connectivity index (χ1n) is 9.68. The number of para-hydroxylation sites is 2. The Hall–Kier alpha value is -1.35. The number of hydrogen-bond donors (Lipinski definition) is 2. The maximum Gasteiger partial charge on any atom is 0.191 e. The Morgan fingerprint density at radius 1 is 1.33 bits per heavy atom. The molecule has 1 aliphatic rings. The number of aromatic nitrogens is 2. The predicted molar refractivity (Wildman–Crippen MR) is 124 cm³/mol. The third-order valence-corrected chi connectivity index (χ3v) is 5.30. The molecule has 27 heavy (non-hydrogen) atoms. The highest BCUT2D eigenvalue weighted by atomic mass is 127. The quantitative estimate of drug-likeness (QED) is 0.262. The first-order valence-corrected chi connectivity index (χ1v) is 9.68. The van der Waals surface area contributed by atoms with E-state index in [0.29, 0.717) is 6.04 Å². The van der Waals surface area contributed by atoms with Crippen LogP contribution in [0, 0.1) is 6.92 Å². The van der Waals surface area contributed by atoms with Crippen LogP contribution < -0.4 is 10.6 Å². The summed E-state index contributed by atoms with van der Waals surface area (Å²) < 4.78 is 2.29. The number of aliphatic imine (C=N–C) groups is 1. The van der Waals surface area contributed by atoms with E-state index in [2.05, 4.69) is 69.2 Å². The van der Waals surface area contributed by atoms with Gasteiger partial charge >= 0.3 is 0 Å². The second kappa shape index (κ2) is 10.3. The number of nitrogens with one attached hydrogen (secondary N) is 2. The van der Waals surface area contributed by atoms with Crippen LogP contribution >= 0.6 is 24.0 Å². The van der Waals surface area contributed by atoms with Gasteiger partial charge in [-0.25, -0.2) is 4.98 Å². The van der Waals surface area contributed by atoms with Crippen molar-refractivity contribution >= 4 is 41.0 Å². The minimum atomic E-state index is 0. The maximum absolute atomic E-state index is 4.63. The number of halogens is 1. The van der Waals surface area contributed by atoms with Gasteiger partial charge in [0, 0.05) is 38.8 Å². The smallest absolute Gasteiger partial charge is 0.191 e. The molecule has 1 aromatic heterocycles. The SMILES string of the molecule is CN=C(NCCCn1c(C)nc2ccccc21)NCC(C)N(C)C1CC1.I. The molecule has 1 aromatic carbocycles. The second-order valence-corrected chi connectivity index (χ2v) is 7.28. The van der Waals surface area contributed by atoms with Crippen LogP contribution in [0.1, 0.15) is 32.0 Å². The zero-order valence-corrected chi connectivity index (χ0v) is 19.2. The van der Waals surface area contributed by atoms with Crippen LogP contribution in [0.25, 0.3) is 11.0 Å². The normalized spacial score (nSPS) is 15.7. The summed E-state index contributed by atoms with van der Waals surface area (Å²) in [6.07, 6.45) is 3.71. The second-order valence-electron chi connectivity index (χ2n) is 7.28. The van der Waals surface area contributed by atoms with Crippen molar-refractivity contribution in [1.82, 2.24) is 25.1 Å². The average Bonchev–Trinajstić information content (AvgIpc) is 3.44. The van der Waals surface area contributed by atoms with Crippen LogP contribution in [-0.2, 0) is 6.54 Å². The lowest BCUT2D eigenvalue weighted by Gasteiger charge is -2.25. The summed E-state index contributed by atoms with van der Waals surface area (Å²) in [6, 6.07) is 9.63. The van der Waals surface area contributed by atoms with Crippen molar-refractivity contribution in [1.29, 1.82) is 0 Å². The van der Waals surface area contributed by atoms with Gasteiger partial charge in [-0.2, -0.15) is 0 Å². The molecule has 0 bridgehead atoms. The van der Waals surface area contributed by atoms with Crippen molar-refractivity contribution in [2.75, 3.05) is 27.2 Å². The van der Waals surface area contributed by atoms with Crippen molar-refractivity contribution in [3.8, 4) is 0 Å². The summed E-state index contributed by atoms with van der Waals surface area (Å²) in [5.41, 5.74) is 2.29. The molecule has 150 valence electrons. The van der Waals surface area contributed by atoms with E-state index < -0.39 is 0 Å². The largest absolute Gasteiger partial charge is 0.356 e. The van der Waals surface area contributed by atoms with Crippen molar-refractivity contribution in [2.24, 2.45) is 4.99 Å². The summed E-state index contributed by atoms with van der Waals surface area (Å²) >= 11 is 0. The molecule has 1 atom stereocenters. The van der Waals surface area contributed by atoms with E-state index in [1.165, 1.54) is 18.4 Å². The Morgan fingerprint density at radius 2 is 2.07 bits per heavy atom. The molecule has 0 radical (unpaired) electrons. The van der Waals surface area contributed by atoms with Crippen LogP contribution in [-0.4, -0.2) is 59.7 Å². The first kappa shape index (κ1) is 21.9. The van der Waals surface area contributed by atoms with Gasteiger partial charge in [-0.3, -0.25) is 9.89 Å².